The first-order valence-corrected chi connectivity index (χ1v) is 10.6. The zero-order valence-electron chi connectivity index (χ0n) is 16.8. The highest BCUT2D eigenvalue weighted by molar-refractivity contribution is 8.18. The summed E-state index contributed by atoms with van der Waals surface area (Å²) in [6.45, 7) is 2.09. The fraction of sp³-hybridized carbons (Fsp3) is 0.217. The Morgan fingerprint density at radius 2 is 1.90 bits per heavy atom. The number of benzene rings is 2. The second kappa shape index (κ2) is 8.77. The normalized spacial score (nSPS) is 19.4. The molecule has 2 aliphatic heterocycles. The lowest BCUT2D eigenvalue weighted by Gasteiger charge is -2.24. The van der Waals surface area contributed by atoms with Gasteiger partial charge in [-0.3, -0.25) is 19.3 Å². The number of esters is 1. The van der Waals surface area contributed by atoms with Gasteiger partial charge in [-0.15, -0.1) is 0 Å². The fourth-order valence-electron chi connectivity index (χ4n) is 3.39. The Morgan fingerprint density at radius 1 is 1.16 bits per heavy atom. The van der Waals surface area contributed by atoms with Crippen LogP contribution in [0.15, 0.2) is 53.4 Å². The Morgan fingerprint density at radius 3 is 2.68 bits per heavy atom. The van der Waals surface area contributed by atoms with Crippen molar-refractivity contribution in [3.05, 3.63) is 75.7 Å². The summed E-state index contributed by atoms with van der Waals surface area (Å²) >= 11 is 0.877. The summed E-state index contributed by atoms with van der Waals surface area (Å²) in [4.78, 5) is 50.8. The van der Waals surface area contributed by atoms with Gasteiger partial charge in [-0.2, -0.15) is 0 Å². The molecule has 2 aromatic carbocycles. The number of carbonyl (C=O) groups is 4. The van der Waals surface area contributed by atoms with Gasteiger partial charge in [-0.05, 0) is 42.0 Å². The van der Waals surface area contributed by atoms with Crippen LogP contribution in [0, 0.1) is 6.92 Å². The molecule has 3 amide bonds. The lowest BCUT2D eigenvalue weighted by Crippen LogP contribution is -2.44. The molecule has 1 fully saturated rings. The predicted molar refractivity (Wildman–Crippen MR) is 116 cm³/mol. The summed E-state index contributed by atoms with van der Waals surface area (Å²) in [5.41, 5.74) is 3.16. The predicted octanol–water partition coefficient (Wildman–Crippen LogP) is 2.93. The van der Waals surface area contributed by atoms with Crippen LogP contribution in [0.25, 0.3) is 6.08 Å². The van der Waals surface area contributed by atoms with E-state index in [1.807, 2.05) is 31.2 Å². The molecule has 1 atom stereocenters. The summed E-state index contributed by atoms with van der Waals surface area (Å²) in [5, 5.41) is 2.27. The number of ether oxygens (including phenoxy) is 1. The van der Waals surface area contributed by atoms with Crippen LogP contribution < -0.4 is 5.32 Å². The summed E-state index contributed by atoms with van der Waals surface area (Å²) in [6.07, 6.45) is 1.04. The van der Waals surface area contributed by atoms with Crippen molar-refractivity contribution in [1.29, 1.82) is 0 Å². The van der Waals surface area contributed by atoms with Gasteiger partial charge in [-0.25, -0.2) is 4.79 Å². The van der Waals surface area contributed by atoms with E-state index < -0.39 is 18.0 Å². The maximum absolute atomic E-state index is 12.6. The molecular weight excluding hydrogens is 416 g/mol. The van der Waals surface area contributed by atoms with E-state index in [4.69, 9.17) is 4.74 Å². The van der Waals surface area contributed by atoms with Crippen molar-refractivity contribution < 1.29 is 23.9 Å². The van der Waals surface area contributed by atoms with Crippen molar-refractivity contribution in [3.63, 3.8) is 0 Å². The first-order valence-electron chi connectivity index (χ1n) is 9.81. The minimum Gasteiger partial charge on any atom is -0.448 e. The van der Waals surface area contributed by atoms with Crippen molar-refractivity contribution in [2.45, 2.75) is 19.4 Å². The molecule has 8 heteroatoms. The van der Waals surface area contributed by atoms with E-state index in [-0.39, 0.29) is 30.7 Å². The SMILES string of the molecule is Cc1ccc(C=C2SC(=O)N(CCNC(=O)C3Cc4ccccc4C(=O)O3)C2=O)cc1. The van der Waals surface area contributed by atoms with Crippen molar-refractivity contribution in [1.82, 2.24) is 10.2 Å². The number of amides is 3. The summed E-state index contributed by atoms with van der Waals surface area (Å²) in [6, 6.07) is 14.6. The van der Waals surface area contributed by atoms with Gasteiger partial charge in [0.1, 0.15) is 0 Å². The number of nitrogens with zero attached hydrogens (tertiary/aromatic N) is 1. The minimum absolute atomic E-state index is 0.0406. The zero-order chi connectivity index (χ0) is 22.0. The molecule has 7 nitrogen and oxygen atoms in total. The average molecular weight is 436 g/mol. The average Bonchev–Trinajstić information content (AvgIpc) is 3.02. The Hall–Kier alpha value is -3.39. The highest BCUT2D eigenvalue weighted by Gasteiger charge is 2.35. The molecule has 2 aromatic rings. The molecule has 0 bridgehead atoms. The van der Waals surface area contributed by atoms with E-state index in [1.54, 1.807) is 30.3 Å². The van der Waals surface area contributed by atoms with Gasteiger partial charge in [0, 0.05) is 19.5 Å². The molecule has 1 N–H and O–H groups in total. The molecule has 158 valence electrons. The van der Waals surface area contributed by atoms with E-state index >= 15 is 0 Å². The maximum Gasteiger partial charge on any atom is 0.339 e. The largest absolute Gasteiger partial charge is 0.448 e. The Balaban J connectivity index is 1.33. The van der Waals surface area contributed by atoms with Crippen LogP contribution in [0.4, 0.5) is 4.79 Å². The monoisotopic (exact) mass is 436 g/mol. The third-order valence-electron chi connectivity index (χ3n) is 5.07. The highest BCUT2D eigenvalue weighted by Crippen LogP contribution is 2.32. The number of nitrogens with one attached hydrogen (secondary N) is 1. The first-order chi connectivity index (χ1) is 14.9. The van der Waals surface area contributed by atoms with Crippen LogP contribution in [0.1, 0.15) is 27.0 Å². The number of thioether (sulfide) groups is 1. The quantitative estimate of drug-likeness (QED) is 0.572. The number of hydrogen-bond acceptors (Lipinski definition) is 6. The van der Waals surface area contributed by atoms with Gasteiger partial charge in [0.2, 0.25) is 0 Å². The number of cyclic esters (lactones) is 1. The Bertz CT molecular complexity index is 1090. The van der Waals surface area contributed by atoms with Gasteiger partial charge in [-0.1, -0.05) is 48.0 Å². The minimum atomic E-state index is -0.932. The van der Waals surface area contributed by atoms with Crippen LogP contribution in [-0.4, -0.2) is 47.1 Å². The van der Waals surface area contributed by atoms with Gasteiger partial charge >= 0.3 is 5.97 Å². The lowest BCUT2D eigenvalue weighted by atomic mass is 9.98. The number of fused-ring (bicyclic) bond motifs is 1. The molecule has 0 radical (unpaired) electrons. The van der Waals surface area contributed by atoms with Crippen LogP contribution >= 0.6 is 11.8 Å². The van der Waals surface area contributed by atoms with E-state index in [0.717, 1.165) is 33.4 Å². The maximum atomic E-state index is 12.6. The van der Waals surface area contributed by atoms with Gasteiger partial charge in [0.15, 0.2) is 6.10 Å². The van der Waals surface area contributed by atoms with Crippen molar-refractivity contribution in [2.75, 3.05) is 13.1 Å². The number of rotatable bonds is 5. The molecule has 4 rings (SSSR count). The fourth-order valence-corrected chi connectivity index (χ4v) is 4.25. The molecular formula is C23H20N2O5S. The number of imide groups is 1. The second-order valence-electron chi connectivity index (χ2n) is 7.29. The van der Waals surface area contributed by atoms with E-state index in [1.165, 1.54) is 0 Å². The van der Waals surface area contributed by atoms with Gasteiger partial charge in [0.05, 0.1) is 10.5 Å². The summed E-state index contributed by atoms with van der Waals surface area (Å²) in [5.74, 6) is -1.37. The van der Waals surface area contributed by atoms with Crippen LogP contribution in [0.2, 0.25) is 0 Å². The topological polar surface area (TPSA) is 92.8 Å². The summed E-state index contributed by atoms with van der Waals surface area (Å²) < 4.78 is 5.22. The first kappa shape index (κ1) is 20.9. The van der Waals surface area contributed by atoms with Crippen LogP contribution in [0.5, 0.6) is 0 Å². The molecule has 0 saturated carbocycles. The second-order valence-corrected chi connectivity index (χ2v) is 8.28. The van der Waals surface area contributed by atoms with E-state index in [2.05, 4.69) is 5.32 Å². The van der Waals surface area contributed by atoms with Crippen molar-refractivity contribution in [3.8, 4) is 0 Å². The van der Waals surface area contributed by atoms with Gasteiger partial charge < -0.3 is 10.1 Å². The number of hydrogen-bond donors (Lipinski definition) is 1. The van der Waals surface area contributed by atoms with Crippen molar-refractivity contribution >= 4 is 40.9 Å². The third-order valence-corrected chi connectivity index (χ3v) is 5.98. The molecule has 1 unspecified atom stereocenters. The van der Waals surface area contributed by atoms with Crippen LogP contribution in [0.3, 0.4) is 0 Å². The molecule has 0 spiro atoms. The van der Waals surface area contributed by atoms with Gasteiger partial charge in [0.25, 0.3) is 17.1 Å². The third kappa shape index (κ3) is 4.54. The Kier molecular flexibility index (Phi) is 5.90. The number of aryl methyl sites for hydroxylation is 1. The molecule has 0 aromatic heterocycles. The van der Waals surface area contributed by atoms with E-state index in [9.17, 15) is 19.2 Å². The standard InChI is InChI=1S/C23H20N2O5S/c1-14-6-8-15(9-7-14)12-19-21(27)25(23(29)31-19)11-10-24-20(26)18-13-16-4-2-3-5-17(16)22(28)30-18/h2-9,12,18H,10-11,13H2,1H3,(H,24,26). The number of carbonyl (C=O) groups excluding carboxylic acids is 4. The summed E-state index contributed by atoms with van der Waals surface area (Å²) in [7, 11) is 0. The molecule has 0 aliphatic carbocycles. The zero-order valence-corrected chi connectivity index (χ0v) is 17.6. The molecule has 2 heterocycles. The van der Waals surface area contributed by atoms with Crippen molar-refractivity contribution in [2.24, 2.45) is 0 Å². The molecule has 1 saturated heterocycles. The Labute approximate surface area is 183 Å². The molecule has 31 heavy (non-hydrogen) atoms. The smallest absolute Gasteiger partial charge is 0.339 e. The van der Waals surface area contributed by atoms with Crippen LogP contribution in [-0.2, 0) is 20.7 Å². The molecule has 2 aliphatic rings. The highest BCUT2D eigenvalue weighted by atomic mass is 32.2. The lowest BCUT2D eigenvalue weighted by molar-refractivity contribution is -0.130. The van der Waals surface area contributed by atoms with E-state index in [0.29, 0.717) is 10.5 Å².